The first-order valence-electron chi connectivity index (χ1n) is 5.19. The van der Waals surface area contributed by atoms with Crippen molar-refractivity contribution < 1.29 is 9.47 Å². The Balaban J connectivity index is 1.89. The molecule has 2 aliphatic rings. The molecular formula is C11H11N3O2S. The molecule has 6 heteroatoms. The van der Waals surface area contributed by atoms with Crippen LogP contribution in [0.4, 0.5) is 0 Å². The third-order valence-corrected chi connectivity index (χ3v) is 3.12. The third kappa shape index (κ3) is 2.03. The van der Waals surface area contributed by atoms with Crippen molar-refractivity contribution >= 4 is 22.6 Å². The standard InChI is InChI=1S/C11H11N3O2S/c12-11-14-13-8(6-17-11)7-1-2-9-10(5-7)16-4-3-15-9/h1-2,5-6,13H,3-4H2,(H2,12,14). The second-order valence-electron chi connectivity index (χ2n) is 3.57. The highest BCUT2D eigenvalue weighted by atomic mass is 32.2. The molecule has 0 unspecified atom stereocenters. The molecule has 0 saturated heterocycles. The zero-order valence-corrected chi connectivity index (χ0v) is 9.79. The van der Waals surface area contributed by atoms with E-state index >= 15 is 0 Å². The Morgan fingerprint density at radius 2 is 2.06 bits per heavy atom. The molecule has 0 fully saturated rings. The van der Waals surface area contributed by atoms with Gasteiger partial charge in [0.05, 0.1) is 5.70 Å². The fourth-order valence-corrected chi connectivity index (χ4v) is 2.16. The quantitative estimate of drug-likeness (QED) is 0.785. The number of nitrogens with two attached hydrogens (primary N) is 1. The molecule has 1 aromatic carbocycles. The van der Waals surface area contributed by atoms with Crippen LogP contribution in [0.15, 0.2) is 28.7 Å². The number of amidine groups is 1. The Labute approximate surface area is 103 Å². The largest absolute Gasteiger partial charge is 0.486 e. The average Bonchev–Trinajstić information content (AvgIpc) is 2.39. The number of nitrogens with zero attached hydrogens (tertiary/aromatic N) is 1. The van der Waals surface area contributed by atoms with E-state index < -0.39 is 0 Å². The highest BCUT2D eigenvalue weighted by Crippen LogP contribution is 2.33. The normalized spacial score (nSPS) is 17.9. The summed E-state index contributed by atoms with van der Waals surface area (Å²) in [7, 11) is 0. The monoisotopic (exact) mass is 249 g/mol. The lowest BCUT2D eigenvalue weighted by atomic mass is 10.1. The van der Waals surface area contributed by atoms with Crippen molar-refractivity contribution in [1.82, 2.24) is 5.43 Å². The fraction of sp³-hybridized carbons (Fsp3) is 0.182. The number of nitrogens with one attached hydrogen (secondary N) is 1. The lowest BCUT2D eigenvalue weighted by Crippen LogP contribution is -2.18. The molecule has 0 aromatic heterocycles. The van der Waals surface area contributed by atoms with Crippen molar-refractivity contribution in [2.24, 2.45) is 10.8 Å². The van der Waals surface area contributed by atoms with Crippen molar-refractivity contribution in [1.29, 1.82) is 0 Å². The van der Waals surface area contributed by atoms with Gasteiger partial charge in [-0.05, 0) is 18.2 Å². The smallest absolute Gasteiger partial charge is 0.182 e. The summed E-state index contributed by atoms with van der Waals surface area (Å²) in [6, 6.07) is 5.80. The van der Waals surface area contributed by atoms with Gasteiger partial charge in [0, 0.05) is 11.0 Å². The summed E-state index contributed by atoms with van der Waals surface area (Å²) in [5.74, 6) is 1.55. The van der Waals surface area contributed by atoms with Gasteiger partial charge in [-0.1, -0.05) is 11.8 Å². The molecule has 0 atom stereocenters. The molecule has 0 aliphatic carbocycles. The van der Waals surface area contributed by atoms with Crippen molar-refractivity contribution in [2.45, 2.75) is 0 Å². The van der Waals surface area contributed by atoms with Crippen molar-refractivity contribution in [3.05, 3.63) is 29.2 Å². The maximum atomic E-state index is 5.55. The molecule has 88 valence electrons. The summed E-state index contributed by atoms with van der Waals surface area (Å²) in [5.41, 5.74) is 10.3. The summed E-state index contributed by atoms with van der Waals surface area (Å²) in [5, 5.41) is 6.40. The van der Waals surface area contributed by atoms with E-state index in [1.807, 2.05) is 23.6 Å². The van der Waals surface area contributed by atoms with Gasteiger partial charge in [0.2, 0.25) is 0 Å². The number of benzene rings is 1. The van der Waals surface area contributed by atoms with Crippen LogP contribution in [0.2, 0.25) is 0 Å². The predicted molar refractivity (Wildman–Crippen MR) is 67.8 cm³/mol. The van der Waals surface area contributed by atoms with E-state index in [2.05, 4.69) is 10.5 Å². The van der Waals surface area contributed by atoms with Crippen LogP contribution < -0.4 is 20.6 Å². The molecular weight excluding hydrogens is 238 g/mol. The predicted octanol–water partition coefficient (Wildman–Crippen LogP) is 1.32. The summed E-state index contributed by atoms with van der Waals surface area (Å²) < 4.78 is 11.0. The fourth-order valence-electron chi connectivity index (χ4n) is 1.63. The minimum absolute atomic E-state index is 0.506. The second-order valence-corrected chi connectivity index (χ2v) is 4.46. The number of ether oxygens (including phenoxy) is 2. The van der Waals surface area contributed by atoms with Gasteiger partial charge in [0.1, 0.15) is 13.2 Å². The Morgan fingerprint density at radius 1 is 1.24 bits per heavy atom. The maximum absolute atomic E-state index is 5.55. The molecule has 17 heavy (non-hydrogen) atoms. The number of rotatable bonds is 1. The van der Waals surface area contributed by atoms with Crippen LogP contribution in [0.1, 0.15) is 5.56 Å². The summed E-state index contributed by atoms with van der Waals surface area (Å²) >= 11 is 1.39. The van der Waals surface area contributed by atoms with Gasteiger partial charge in [0.15, 0.2) is 16.7 Å². The summed E-state index contributed by atoms with van der Waals surface area (Å²) in [6.45, 7) is 1.19. The first kappa shape index (κ1) is 10.3. The Kier molecular flexibility index (Phi) is 2.56. The van der Waals surface area contributed by atoms with E-state index in [0.717, 1.165) is 22.8 Å². The average molecular weight is 249 g/mol. The zero-order chi connectivity index (χ0) is 11.7. The number of hydrazone groups is 1. The van der Waals surface area contributed by atoms with Crippen molar-refractivity contribution in [3.63, 3.8) is 0 Å². The van der Waals surface area contributed by atoms with Crippen LogP contribution >= 0.6 is 11.8 Å². The molecule has 1 aromatic rings. The lowest BCUT2D eigenvalue weighted by Gasteiger charge is -2.20. The minimum atomic E-state index is 0.506. The van der Waals surface area contributed by atoms with Crippen molar-refractivity contribution in [3.8, 4) is 11.5 Å². The van der Waals surface area contributed by atoms with Gasteiger partial charge in [-0.15, -0.1) is 0 Å². The van der Waals surface area contributed by atoms with Gasteiger partial charge < -0.3 is 15.2 Å². The number of fused-ring (bicyclic) bond motifs is 1. The Morgan fingerprint density at radius 3 is 2.82 bits per heavy atom. The van der Waals surface area contributed by atoms with E-state index in [1.54, 1.807) is 0 Å². The molecule has 0 saturated carbocycles. The first-order valence-corrected chi connectivity index (χ1v) is 6.07. The molecule has 2 aliphatic heterocycles. The molecule has 3 N–H and O–H groups in total. The molecule has 0 bridgehead atoms. The SMILES string of the molecule is NC1=NNC(c2ccc3c(c2)OCCO3)=CS1. The van der Waals surface area contributed by atoms with Gasteiger partial charge in [0.25, 0.3) is 0 Å². The number of hydrogen-bond donors (Lipinski definition) is 2. The number of hydrogen-bond acceptors (Lipinski definition) is 6. The second kappa shape index (κ2) is 4.21. The Hall–Kier alpha value is -1.82. The molecule has 2 heterocycles. The Bertz CT molecular complexity index is 513. The van der Waals surface area contributed by atoms with Crippen LogP contribution in [0.5, 0.6) is 11.5 Å². The van der Waals surface area contributed by atoms with Crippen molar-refractivity contribution in [2.75, 3.05) is 13.2 Å². The molecule has 5 nitrogen and oxygen atoms in total. The summed E-state index contributed by atoms with van der Waals surface area (Å²) in [6.07, 6.45) is 0. The van der Waals surface area contributed by atoms with Crippen LogP contribution in [-0.4, -0.2) is 18.4 Å². The van der Waals surface area contributed by atoms with E-state index in [1.165, 1.54) is 11.8 Å². The lowest BCUT2D eigenvalue weighted by molar-refractivity contribution is 0.171. The zero-order valence-electron chi connectivity index (χ0n) is 8.97. The van der Waals surface area contributed by atoms with Gasteiger partial charge in [-0.25, -0.2) is 0 Å². The van der Waals surface area contributed by atoms with Gasteiger partial charge >= 0.3 is 0 Å². The van der Waals surface area contributed by atoms with Crippen LogP contribution in [0.3, 0.4) is 0 Å². The highest BCUT2D eigenvalue weighted by molar-refractivity contribution is 8.16. The maximum Gasteiger partial charge on any atom is 0.182 e. The van der Waals surface area contributed by atoms with E-state index in [4.69, 9.17) is 15.2 Å². The topological polar surface area (TPSA) is 68.9 Å². The number of thioether (sulfide) groups is 1. The first-order chi connectivity index (χ1) is 8.33. The third-order valence-electron chi connectivity index (χ3n) is 2.44. The molecule has 0 amide bonds. The molecule has 3 rings (SSSR count). The van der Waals surface area contributed by atoms with Gasteiger partial charge in [-0.2, -0.15) is 5.10 Å². The molecule has 0 radical (unpaired) electrons. The van der Waals surface area contributed by atoms with E-state index in [9.17, 15) is 0 Å². The highest BCUT2D eigenvalue weighted by Gasteiger charge is 2.14. The van der Waals surface area contributed by atoms with Crippen LogP contribution in [-0.2, 0) is 0 Å². The van der Waals surface area contributed by atoms with E-state index in [0.29, 0.717) is 18.4 Å². The van der Waals surface area contributed by atoms with E-state index in [-0.39, 0.29) is 0 Å². The van der Waals surface area contributed by atoms with Gasteiger partial charge in [-0.3, -0.25) is 5.43 Å². The van der Waals surface area contributed by atoms with Crippen LogP contribution in [0.25, 0.3) is 5.70 Å². The van der Waals surface area contributed by atoms with Crippen LogP contribution in [0, 0.1) is 0 Å². The summed E-state index contributed by atoms with van der Waals surface area (Å²) in [4.78, 5) is 0. The molecule has 0 spiro atoms. The minimum Gasteiger partial charge on any atom is -0.486 e.